The van der Waals surface area contributed by atoms with Crippen molar-refractivity contribution >= 4 is 17.6 Å². The Morgan fingerprint density at radius 2 is 2.15 bits per heavy atom. The summed E-state index contributed by atoms with van der Waals surface area (Å²) >= 11 is 0. The number of amides is 1. The maximum atomic E-state index is 12.3. The maximum absolute atomic E-state index is 12.3. The van der Waals surface area contributed by atoms with Crippen LogP contribution >= 0.6 is 0 Å². The molecule has 2 rings (SSSR count). The van der Waals surface area contributed by atoms with Crippen LogP contribution in [-0.2, 0) is 4.79 Å². The highest BCUT2D eigenvalue weighted by molar-refractivity contribution is 5.98. The maximum Gasteiger partial charge on any atom is 0.339 e. The van der Waals surface area contributed by atoms with Crippen molar-refractivity contribution in [3.63, 3.8) is 0 Å². The molecular weight excluding hydrogens is 260 g/mol. The number of carboxylic acids is 1. The van der Waals surface area contributed by atoms with E-state index in [1.165, 1.54) is 18.2 Å². The molecule has 0 aliphatic carbocycles. The fourth-order valence-electron chi connectivity index (χ4n) is 2.32. The molecule has 0 bridgehead atoms. The van der Waals surface area contributed by atoms with E-state index >= 15 is 0 Å². The molecule has 1 aliphatic rings. The van der Waals surface area contributed by atoms with E-state index in [0.29, 0.717) is 12.2 Å². The van der Waals surface area contributed by atoms with Crippen molar-refractivity contribution in [2.45, 2.75) is 19.8 Å². The first-order chi connectivity index (χ1) is 9.42. The second-order valence-corrected chi connectivity index (χ2v) is 5.33. The third-order valence-corrected chi connectivity index (χ3v) is 3.63. The van der Waals surface area contributed by atoms with Crippen LogP contribution in [0, 0.1) is 5.41 Å². The number of nitrogens with one attached hydrogen (secondary N) is 2. The largest absolute Gasteiger partial charge is 0.507 e. The highest BCUT2D eigenvalue weighted by Gasteiger charge is 2.34. The number of carboxylic acid groups (broad SMARTS) is 1. The summed E-state index contributed by atoms with van der Waals surface area (Å²) in [5, 5.41) is 24.3. The molecule has 1 saturated heterocycles. The van der Waals surface area contributed by atoms with E-state index in [4.69, 9.17) is 5.11 Å². The van der Waals surface area contributed by atoms with Crippen LogP contribution in [0.5, 0.6) is 5.75 Å². The summed E-state index contributed by atoms with van der Waals surface area (Å²) in [5.74, 6) is -1.70. The van der Waals surface area contributed by atoms with Crippen molar-refractivity contribution in [2.24, 2.45) is 5.41 Å². The first-order valence-electron chi connectivity index (χ1n) is 6.51. The molecule has 6 heteroatoms. The van der Waals surface area contributed by atoms with Crippen molar-refractivity contribution in [1.29, 1.82) is 0 Å². The van der Waals surface area contributed by atoms with Crippen LogP contribution in [0.15, 0.2) is 18.2 Å². The first kappa shape index (κ1) is 14.3. The Hall–Kier alpha value is -2.08. The molecule has 4 N–H and O–H groups in total. The molecule has 6 nitrogen and oxygen atoms in total. The van der Waals surface area contributed by atoms with Crippen LogP contribution in [-0.4, -0.2) is 35.2 Å². The Balaban J connectivity index is 2.15. The second-order valence-electron chi connectivity index (χ2n) is 5.33. The van der Waals surface area contributed by atoms with E-state index in [2.05, 4.69) is 10.6 Å². The number of carbonyl (C=O) groups is 2. The van der Waals surface area contributed by atoms with Gasteiger partial charge in [-0.15, -0.1) is 0 Å². The van der Waals surface area contributed by atoms with E-state index in [0.717, 1.165) is 19.4 Å². The molecule has 1 aromatic rings. The molecule has 20 heavy (non-hydrogen) atoms. The quantitative estimate of drug-likeness (QED) is 0.627. The third-order valence-electron chi connectivity index (χ3n) is 3.63. The number of aromatic carboxylic acids is 1. The lowest BCUT2D eigenvalue weighted by Gasteiger charge is -2.32. The Morgan fingerprint density at radius 3 is 2.75 bits per heavy atom. The summed E-state index contributed by atoms with van der Waals surface area (Å²) in [4.78, 5) is 23.2. The number of hydrogen-bond acceptors (Lipinski definition) is 4. The molecule has 0 spiro atoms. The molecular formula is C14H18N2O4. The standard InChI is InChI=1S/C14H18N2O4/c1-14(5-2-6-15-8-14)13(20)16-9-3-4-11(17)10(7-9)12(18)19/h3-4,7,15,17H,2,5-6,8H2,1H3,(H,16,20)(H,18,19). The van der Waals surface area contributed by atoms with E-state index in [1.54, 1.807) is 0 Å². The number of hydrogen-bond donors (Lipinski definition) is 4. The summed E-state index contributed by atoms with van der Waals surface area (Å²) in [6.45, 7) is 3.39. The summed E-state index contributed by atoms with van der Waals surface area (Å²) in [5.41, 5.74) is -0.355. The van der Waals surface area contributed by atoms with E-state index in [9.17, 15) is 14.7 Å². The number of phenols is 1. The summed E-state index contributed by atoms with van der Waals surface area (Å²) in [7, 11) is 0. The van der Waals surface area contributed by atoms with Crippen LogP contribution in [0.2, 0.25) is 0 Å². The lowest BCUT2D eigenvalue weighted by atomic mass is 9.82. The fraction of sp³-hybridized carbons (Fsp3) is 0.429. The van der Waals surface area contributed by atoms with Gasteiger partial charge in [-0.25, -0.2) is 4.79 Å². The summed E-state index contributed by atoms with van der Waals surface area (Å²) < 4.78 is 0. The molecule has 108 valence electrons. The topological polar surface area (TPSA) is 98.7 Å². The molecule has 1 heterocycles. The van der Waals surface area contributed by atoms with E-state index < -0.39 is 11.4 Å². The Bertz CT molecular complexity index is 536. The van der Waals surface area contributed by atoms with Crippen molar-refractivity contribution < 1.29 is 19.8 Å². The Labute approximate surface area is 116 Å². The van der Waals surface area contributed by atoms with Crippen LogP contribution in [0.1, 0.15) is 30.1 Å². The molecule has 1 fully saturated rings. The average Bonchev–Trinajstić information content (AvgIpc) is 2.41. The number of rotatable bonds is 3. The molecule has 0 saturated carbocycles. The van der Waals surface area contributed by atoms with Gasteiger partial charge in [0.1, 0.15) is 11.3 Å². The predicted molar refractivity (Wildman–Crippen MR) is 73.9 cm³/mol. The third kappa shape index (κ3) is 2.91. The van der Waals surface area contributed by atoms with Gasteiger partial charge in [-0.1, -0.05) is 0 Å². The normalized spacial score (nSPS) is 22.2. The van der Waals surface area contributed by atoms with Gasteiger partial charge in [0.25, 0.3) is 0 Å². The summed E-state index contributed by atoms with van der Waals surface area (Å²) in [6, 6.07) is 4.01. The number of carbonyl (C=O) groups excluding carboxylic acids is 1. The van der Waals surface area contributed by atoms with Gasteiger partial charge in [-0.3, -0.25) is 4.79 Å². The molecule has 0 aromatic heterocycles. The van der Waals surface area contributed by atoms with Gasteiger partial charge in [0, 0.05) is 12.2 Å². The second kappa shape index (κ2) is 5.50. The van der Waals surface area contributed by atoms with Gasteiger partial charge in [0.05, 0.1) is 5.41 Å². The molecule has 0 radical (unpaired) electrons. The lowest BCUT2D eigenvalue weighted by Crippen LogP contribution is -2.46. The minimum absolute atomic E-state index is 0.147. The lowest BCUT2D eigenvalue weighted by molar-refractivity contribution is -0.125. The number of piperidine rings is 1. The van der Waals surface area contributed by atoms with Crippen molar-refractivity contribution in [3.8, 4) is 5.75 Å². The van der Waals surface area contributed by atoms with Crippen molar-refractivity contribution in [3.05, 3.63) is 23.8 Å². The van der Waals surface area contributed by atoms with Crippen LogP contribution in [0.25, 0.3) is 0 Å². The smallest absolute Gasteiger partial charge is 0.339 e. The van der Waals surface area contributed by atoms with E-state index in [1.807, 2.05) is 6.92 Å². The highest BCUT2D eigenvalue weighted by Crippen LogP contribution is 2.28. The van der Waals surface area contributed by atoms with Crippen molar-refractivity contribution in [2.75, 3.05) is 18.4 Å². The van der Waals surface area contributed by atoms with Crippen LogP contribution < -0.4 is 10.6 Å². The zero-order chi connectivity index (χ0) is 14.8. The minimum Gasteiger partial charge on any atom is -0.507 e. The highest BCUT2D eigenvalue weighted by atomic mass is 16.4. The molecule has 1 aromatic carbocycles. The SMILES string of the molecule is CC1(C(=O)Nc2ccc(O)c(C(=O)O)c2)CCCNC1. The van der Waals surface area contributed by atoms with E-state index in [-0.39, 0.29) is 17.2 Å². The Kier molecular flexibility index (Phi) is 3.94. The zero-order valence-electron chi connectivity index (χ0n) is 11.3. The van der Waals surface area contributed by atoms with Gasteiger partial charge in [0.15, 0.2) is 0 Å². The Morgan fingerprint density at radius 1 is 1.40 bits per heavy atom. The first-order valence-corrected chi connectivity index (χ1v) is 6.51. The van der Waals surface area contributed by atoms with Gasteiger partial charge in [0.2, 0.25) is 5.91 Å². The van der Waals surface area contributed by atoms with Crippen molar-refractivity contribution in [1.82, 2.24) is 5.32 Å². The van der Waals surface area contributed by atoms with Crippen LogP contribution in [0.3, 0.4) is 0 Å². The molecule has 1 aliphatic heterocycles. The van der Waals surface area contributed by atoms with Gasteiger partial charge in [-0.2, -0.15) is 0 Å². The number of aromatic hydroxyl groups is 1. The van der Waals surface area contributed by atoms with Crippen LogP contribution in [0.4, 0.5) is 5.69 Å². The summed E-state index contributed by atoms with van der Waals surface area (Å²) in [6.07, 6.45) is 1.72. The minimum atomic E-state index is -1.23. The number of benzene rings is 1. The van der Waals surface area contributed by atoms with Gasteiger partial charge >= 0.3 is 5.97 Å². The molecule has 1 atom stereocenters. The fourth-order valence-corrected chi connectivity index (χ4v) is 2.32. The predicted octanol–water partition coefficient (Wildman–Crippen LogP) is 1.42. The number of anilines is 1. The van der Waals surface area contributed by atoms with Gasteiger partial charge < -0.3 is 20.8 Å². The zero-order valence-corrected chi connectivity index (χ0v) is 11.3. The molecule has 1 amide bonds. The monoisotopic (exact) mass is 278 g/mol. The average molecular weight is 278 g/mol. The molecule has 1 unspecified atom stereocenters. The van der Waals surface area contributed by atoms with Gasteiger partial charge in [-0.05, 0) is 44.5 Å².